The number of fused-ring (bicyclic) bond motifs is 1. The summed E-state index contributed by atoms with van der Waals surface area (Å²) >= 11 is 1.63. The standard InChI is InChI=1S/C19H28N2OS/c1-6-12(7-2)17(22)21-18-15(11-20)14-9-8-13(16(14)23-18)10-19(3,4)5/h12-13H,6-10H2,1-5H3,(H,21,22). The lowest BCUT2D eigenvalue weighted by atomic mass is 9.84. The van der Waals surface area contributed by atoms with Crippen molar-refractivity contribution in [2.24, 2.45) is 11.3 Å². The molecule has 1 aromatic heterocycles. The second-order valence-electron chi connectivity index (χ2n) is 7.76. The summed E-state index contributed by atoms with van der Waals surface area (Å²) in [6.45, 7) is 10.9. The summed E-state index contributed by atoms with van der Waals surface area (Å²) in [6.07, 6.45) is 4.90. The number of nitriles is 1. The number of nitrogens with zero attached hydrogens (tertiary/aromatic N) is 1. The van der Waals surface area contributed by atoms with Gasteiger partial charge in [-0.05, 0) is 49.0 Å². The van der Waals surface area contributed by atoms with Crippen molar-refractivity contribution in [1.29, 1.82) is 5.26 Å². The summed E-state index contributed by atoms with van der Waals surface area (Å²) in [5, 5.41) is 13.4. The lowest BCUT2D eigenvalue weighted by Crippen LogP contribution is -2.21. The van der Waals surface area contributed by atoms with Gasteiger partial charge in [0.2, 0.25) is 5.91 Å². The van der Waals surface area contributed by atoms with Crippen molar-refractivity contribution in [2.45, 2.75) is 72.6 Å². The highest BCUT2D eigenvalue weighted by molar-refractivity contribution is 7.16. The maximum Gasteiger partial charge on any atom is 0.228 e. The zero-order valence-electron chi connectivity index (χ0n) is 15.0. The van der Waals surface area contributed by atoms with Crippen LogP contribution in [-0.2, 0) is 11.2 Å². The average Bonchev–Trinajstić information content (AvgIpc) is 2.98. The molecule has 0 aliphatic heterocycles. The molecule has 1 aliphatic rings. The quantitative estimate of drug-likeness (QED) is 0.778. The SMILES string of the molecule is CCC(CC)C(=O)Nc1sc2c(c1C#N)CCC2CC(C)(C)C. The largest absolute Gasteiger partial charge is 0.316 e. The Labute approximate surface area is 144 Å². The summed E-state index contributed by atoms with van der Waals surface area (Å²) in [7, 11) is 0. The number of anilines is 1. The molecule has 1 N–H and O–H groups in total. The van der Waals surface area contributed by atoms with Crippen LogP contribution in [0.1, 0.15) is 82.2 Å². The van der Waals surface area contributed by atoms with Crippen LogP contribution in [0.3, 0.4) is 0 Å². The van der Waals surface area contributed by atoms with Crippen LogP contribution in [-0.4, -0.2) is 5.91 Å². The van der Waals surface area contributed by atoms with E-state index in [0.717, 1.165) is 37.1 Å². The molecule has 0 spiro atoms. The maximum absolute atomic E-state index is 12.4. The van der Waals surface area contributed by atoms with Gasteiger partial charge in [0.15, 0.2) is 0 Å². The number of hydrogen-bond acceptors (Lipinski definition) is 3. The molecule has 0 aromatic carbocycles. The third-order valence-corrected chi connectivity index (χ3v) is 6.03. The van der Waals surface area contributed by atoms with E-state index in [0.29, 0.717) is 11.5 Å². The summed E-state index contributed by atoms with van der Waals surface area (Å²) < 4.78 is 0. The van der Waals surface area contributed by atoms with Crippen molar-refractivity contribution in [3.63, 3.8) is 0 Å². The Bertz CT molecular complexity index is 615. The van der Waals surface area contributed by atoms with Gasteiger partial charge in [-0.3, -0.25) is 4.79 Å². The number of rotatable bonds is 5. The monoisotopic (exact) mass is 332 g/mol. The lowest BCUT2D eigenvalue weighted by Gasteiger charge is -2.22. The highest BCUT2D eigenvalue weighted by atomic mass is 32.1. The number of amides is 1. The van der Waals surface area contributed by atoms with Gasteiger partial charge in [0.1, 0.15) is 11.1 Å². The van der Waals surface area contributed by atoms with E-state index in [1.54, 1.807) is 11.3 Å². The highest BCUT2D eigenvalue weighted by Crippen LogP contribution is 2.48. The van der Waals surface area contributed by atoms with Crippen molar-refractivity contribution in [2.75, 3.05) is 5.32 Å². The van der Waals surface area contributed by atoms with E-state index in [1.807, 2.05) is 13.8 Å². The zero-order valence-corrected chi connectivity index (χ0v) is 15.8. The van der Waals surface area contributed by atoms with Crippen LogP contribution in [0.5, 0.6) is 0 Å². The first-order valence-electron chi connectivity index (χ1n) is 8.67. The van der Waals surface area contributed by atoms with Gasteiger partial charge in [-0.1, -0.05) is 34.6 Å². The molecular formula is C19H28N2OS. The lowest BCUT2D eigenvalue weighted by molar-refractivity contribution is -0.120. The molecule has 1 aromatic rings. The third kappa shape index (κ3) is 3.95. The van der Waals surface area contributed by atoms with Gasteiger partial charge in [0.05, 0.1) is 5.56 Å². The molecule has 1 amide bonds. The van der Waals surface area contributed by atoms with Crippen LogP contribution in [0.15, 0.2) is 0 Å². The molecule has 2 rings (SSSR count). The Morgan fingerprint density at radius 2 is 2.04 bits per heavy atom. The minimum absolute atomic E-state index is 0.0313. The molecule has 3 nitrogen and oxygen atoms in total. The van der Waals surface area contributed by atoms with E-state index < -0.39 is 0 Å². The fourth-order valence-corrected chi connectivity index (χ4v) is 4.86. The van der Waals surface area contributed by atoms with Crippen LogP contribution in [0, 0.1) is 22.7 Å². The Kier molecular flexibility index (Phi) is 5.52. The number of carbonyl (C=O) groups is 1. The predicted molar refractivity (Wildman–Crippen MR) is 96.9 cm³/mol. The van der Waals surface area contributed by atoms with Crippen molar-refractivity contribution < 1.29 is 4.79 Å². The van der Waals surface area contributed by atoms with Crippen molar-refractivity contribution in [3.05, 3.63) is 16.0 Å². The number of carbonyl (C=O) groups excluding carboxylic acids is 1. The molecule has 0 saturated heterocycles. The normalized spacial score (nSPS) is 17.2. The van der Waals surface area contributed by atoms with Crippen LogP contribution in [0.2, 0.25) is 0 Å². The van der Waals surface area contributed by atoms with Crippen molar-refractivity contribution >= 4 is 22.2 Å². The van der Waals surface area contributed by atoms with Crippen LogP contribution < -0.4 is 5.32 Å². The highest BCUT2D eigenvalue weighted by Gasteiger charge is 2.33. The predicted octanol–water partition coefficient (Wildman–Crippen LogP) is 5.46. The van der Waals surface area contributed by atoms with Gasteiger partial charge in [0, 0.05) is 10.8 Å². The molecule has 1 aliphatic carbocycles. The van der Waals surface area contributed by atoms with Gasteiger partial charge in [-0.15, -0.1) is 11.3 Å². The van der Waals surface area contributed by atoms with Crippen molar-refractivity contribution in [3.8, 4) is 6.07 Å². The second-order valence-corrected chi connectivity index (χ2v) is 8.82. The summed E-state index contributed by atoms with van der Waals surface area (Å²) in [5.74, 6) is 0.614. The first-order valence-corrected chi connectivity index (χ1v) is 9.48. The van der Waals surface area contributed by atoms with Crippen LogP contribution in [0.25, 0.3) is 0 Å². The Morgan fingerprint density at radius 1 is 1.39 bits per heavy atom. The van der Waals surface area contributed by atoms with Gasteiger partial charge in [0.25, 0.3) is 0 Å². The fourth-order valence-electron chi connectivity index (χ4n) is 3.52. The summed E-state index contributed by atoms with van der Waals surface area (Å²) in [6, 6.07) is 2.34. The zero-order chi connectivity index (χ0) is 17.2. The summed E-state index contributed by atoms with van der Waals surface area (Å²) in [4.78, 5) is 13.7. The molecule has 0 fully saturated rings. The van der Waals surface area contributed by atoms with Gasteiger partial charge in [-0.2, -0.15) is 5.26 Å². The molecule has 23 heavy (non-hydrogen) atoms. The van der Waals surface area contributed by atoms with Gasteiger partial charge >= 0.3 is 0 Å². The Morgan fingerprint density at radius 3 is 2.57 bits per heavy atom. The number of nitrogens with one attached hydrogen (secondary N) is 1. The molecule has 4 heteroatoms. The van der Waals surface area contributed by atoms with Crippen LogP contribution in [0.4, 0.5) is 5.00 Å². The second kappa shape index (κ2) is 7.05. The first-order chi connectivity index (χ1) is 10.8. The smallest absolute Gasteiger partial charge is 0.228 e. The molecular weight excluding hydrogens is 304 g/mol. The maximum atomic E-state index is 12.4. The van der Waals surface area contributed by atoms with E-state index in [2.05, 4.69) is 32.2 Å². The number of thiophene rings is 1. The Balaban J connectivity index is 2.26. The molecule has 0 radical (unpaired) electrons. The van der Waals surface area contributed by atoms with Gasteiger partial charge in [-0.25, -0.2) is 0 Å². The average molecular weight is 333 g/mol. The molecule has 1 heterocycles. The fraction of sp³-hybridized carbons (Fsp3) is 0.684. The van der Waals surface area contributed by atoms with E-state index >= 15 is 0 Å². The molecule has 1 unspecified atom stereocenters. The Hall–Kier alpha value is -1.34. The topological polar surface area (TPSA) is 52.9 Å². The molecule has 0 bridgehead atoms. The van der Waals surface area contributed by atoms with E-state index in [9.17, 15) is 10.1 Å². The van der Waals surface area contributed by atoms with E-state index in [-0.39, 0.29) is 17.2 Å². The minimum atomic E-state index is 0.0313. The molecule has 0 saturated carbocycles. The molecule has 1 atom stereocenters. The summed E-state index contributed by atoms with van der Waals surface area (Å²) in [5.41, 5.74) is 2.18. The molecule has 126 valence electrons. The van der Waals surface area contributed by atoms with E-state index in [4.69, 9.17) is 0 Å². The van der Waals surface area contributed by atoms with E-state index in [1.165, 1.54) is 10.4 Å². The number of hydrogen-bond donors (Lipinski definition) is 1. The first kappa shape index (κ1) is 18.0. The van der Waals surface area contributed by atoms with Crippen molar-refractivity contribution in [1.82, 2.24) is 0 Å². The third-order valence-electron chi connectivity index (χ3n) is 4.72. The minimum Gasteiger partial charge on any atom is -0.316 e. The van der Waals surface area contributed by atoms with Gasteiger partial charge < -0.3 is 5.32 Å². The van der Waals surface area contributed by atoms with Crippen LogP contribution >= 0.6 is 11.3 Å².